The van der Waals surface area contributed by atoms with Crippen molar-refractivity contribution in [3.8, 4) is 0 Å². The highest BCUT2D eigenvalue weighted by Gasteiger charge is 2.24. The number of carbonyl (C=O) groups excluding carboxylic acids is 1. The molecule has 1 heterocycles. The lowest BCUT2D eigenvalue weighted by Crippen LogP contribution is -2.37. The van der Waals surface area contributed by atoms with Gasteiger partial charge in [-0.05, 0) is 30.2 Å². The fourth-order valence-electron chi connectivity index (χ4n) is 3.26. The van der Waals surface area contributed by atoms with Crippen LogP contribution in [0.5, 0.6) is 0 Å². The number of sulfonamides is 1. The van der Waals surface area contributed by atoms with E-state index in [0.29, 0.717) is 5.56 Å². The van der Waals surface area contributed by atoms with E-state index >= 15 is 0 Å². The Morgan fingerprint density at radius 3 is 2.71 bits per heavy atom. The third-order valence-corrected chi connectivity index (χ3v) is 6.10. The van der Waals surface area contributed by atoms with Crippen molar-refractivity contribution in [2.75, 3.05) is 19.6 Å². The van der Waals surface area contributed by atoms with Gasteiger partial charge in [0.15, 0.2) is 0 Å². The second-order valence-electron chi connectivity index (χ2n) is 6.85. The molecule has 1 amide bonds. The van der Waals surface area contributed by atoms with E-state index in [1.54, 1.807) is 12.1 Å². The van der Waals surface area contributed by atoms with Crippen molar-refractivity contribution < 1.29 is 13.2 Å². The zero-order valence-electron chi connectivity index (χ0n) is 15.7. The first-order valence-electron chi connectivity index (χ1n) is 9.26. The van der Waals surface area contributed by atoms with Crippen molar-refractivity contribution in [2.45, 2.75) is 23.9 Å². The van der Waals surface area contributed by atoms with Crippen LogP contribution in [0.25, 0.3) is 0 Å². The molecule has 0 aromatic heterocycles. The number of carbonyl (C=O) groups is 1. The highest BCUT2D eigenvalue weighted by atomic mass is 32.2. The molecular formula is C21H25N3O3S. The molecular weight excluding hydrogens is 374 g/mol. The van der Waals surface area contributed by atoms with Crippen molar-refractivity contribution >= 4 is 15.9 Å². The Hall–Kier alpha value is -2.48. The van der Waals surface area contributed by atoms with Gasteiger partial charge in [0.05, 0.1) is 4.90 Å². The lowest BCUT2D eigenvalue weighted by Gasteiger charge is -2.17. The van der Waals surface area contributed by atoms with Crippen LogP contribution in [-0.2, 0) is 16.6 Å². The fraction of sp³-hybridized carbons (Fsp3) is 0.286. The molecule has 7 heteroatoms. The molecule has 1 fully saturated rings. The van der Waals surface area contributed by atoms with E-state index in [1.165, 1.54) is 23.8 Å². The minimum absolute atomic E-state index is 0.0513. The monoisotopic (exact) mass is 399 g/mol. The number of benzene rings is 2. The fourth-order valence-corrected chi connectivity index (χ4v) is 4.30. The predicted octanol–water partition coefficient (Wildman–Crippen LogP) is 2.16. The Labute approximate surface area is 166 Å². The highest BCUT2D eigenvalue weighted by Crippen LogP contribution is 2.15. The quantitative estimate of drug-likeness (QED) is 0.667. The van der Waals surface area contributed by atoms with Crippen molar-refractivity contribution in [2.24, 2.45) is 0 Å². The summed E-state index contributed by atoms with van der Waals surface area (Å²) in [5, 5.41) is 3.02. The van der Waals surface area contributed by atoms with Crippen LogP contribution >= 0.6 is 0 Å². The first-order valence-corrected chi connectivity index (χ1v) is 10.7. The SMILES string of the molecule is C=CCNS(=O)(=O)c1cccc(C(=O)NC2CCN(Cc3ccccc3)C2)c1. The van der Waals surface area contributed by atoms with Crippen LogP contribution in [-0.4, -0.2) is 44.9 Å². The molecule has 148 valence electrons. The Balaban J connectivity index is 1.59. The summed E-state index contributed by atoms with van der Waals surface area (Å²) < 4.78 is 26.9. The third kappa shape index (κ3) is 5.28. The average molecular weight is 400 g/mol. The van der Waals surface area contributed by atoms with Crippen LogP contribution in [0.3, 0.4) is 0 Å². The molecule has 1 saturated heterocycles. The van der Waals surface area contributed by atoms with Crippen LogP contribution in [0.15, 0.2) is 72.1 Å². The average Bonchev–Trinajstić information content (AvgIpc) is 3.14. The minimum Gasteiger partial charge on any atom is -0.348 e. The standard InChI is InChI=1S/C21H25N3O3S/c1-2-12-22-28(26,27)20-10-6-9-18(14-20)21(25)23-19-11-13-24(16-19)15-17-7-4-3-5-8-17/h2-10,14,19,22H,1,11-13,15-16H2,(H,23,25). The first kappa shape index (κ1) is 20.3. The number of likely N-dealkylation sites (tertiary alicyclic amines) is 1. The third-order valence-electron chi connectivity index (χ3n) is 4.68. The molecule has 28 heavy (non-hydrogen) atoms. The molecule has 6 nitrogen and oxygen atoms in total. The van der Waals surface area contributed by atoms with Crippen molar-refractivity contribution in [1.29, 1.82) is 0 Å². The van der Waals surface area contributed by atoms with Crippen LogP contribution in [0.1, 0.15) is 22.3 Å². The zero-order valence-corrected chi connectivity index (χ0v) is 16.5. The smallest absolute Gasteiger partial charge is 0.251 e. The van der Waals surface area contributed by atoms with Gasteiger partial charge in [-0.1, -0.05) is 42.5 Å². The van der Waals surface area contributed by atoms with Gasteiger partial charge in [-0.15, -0.1) is 6.58 Å². The summed E-state index contributed by atoms with van der Waals surface area (Å²) in [4.78, 5) is 15.0. The van der Waals surface area contributed by atoms with Gasteiger partial charge in [0.2, 0.25) is 10.0 Å². The van der Waals surface area contributed by atoms with Gasteiger partial charge in [-0.2, -0.15) is 0 Å². The Bertz CT molecular complexity index is 929. The lowest BCUT2D eigenvalue weighted by atomic mass is 10.2. The lowest BCUT2D eigenvalue weighted by molar-refractivity contribution is 0.0937. The van der Waals surface area contributed by atoms with E-state index in [-0.39, 0.29) is 23.4 Å². The second-order valence-corrected chi connectivity index (χ2v) is 8.62. The van der Waals surface area contributed by atoms with Crippen molar-refractivity contribution in [3.63, 3.8) is 0 Å². The molecule has 1 unspecified atom stereocenters. The highest BCUT2D eigenvalue weighted by molar-refractivity contribution is 7.89. The summed E-state index contributed by atoms with van der Waals surface area (Å²) in [5.74, 6) is -0.257. The molecule has 3 rings (SSSR count). The Morgan fingerprint density at radius 1 is 1.18 bits per heavy atom. The summed E-state index contributed by atoms with van der Waals surface area (Å²) in [6, 6.07) is 16.4. The van der Waals surface area contributed by atoms with E-state index in [2.05, 4.69) is 33.7 Å². The maximum atomic E-state index is 12.6. The van der Waals surface area contributed by atoms with Crippen LogP contribution in [0, 0.1) is 0 Å². The van der Waals surface area contributed by atoms with E-state index in [0.717, 1.165) is 26.1 Å². The van der Waals surface area contributed by atoms with E-state index in [4.69, 9.17) is 0 Å². The zero-order chi connectivity index (χ0) is 20.0. The predicted molar refractivity (Wildman–Crippen MR) is 109 cm³/mol. The van der Waals surface area contributed by atoms with Crippen LogP contribution in [0.4, 0.5) is 0 Å². The van der Waals surface area contributed by atoms with Gasteiger partial charge in [-0.25, -0.2) is 13.1 Å². The van der Waals surface area contributed by atoms with E-state index < -0.39 is 10.0 Å². The minimum atomic E-state index is -3.66. The Kier molecular flexibility index (Phi) is 6.61. The molecule has 1 aliphatic heterocycles. The van der Waals surface area contributed by atoms with Gasteiger partial charge in [0.1, 0.15) is 0 Å². The number of amides is 1. The van der Waals surface area contributed by atoms with Gasteiger partial charge >= 0.3 is 0 Å². The number of rotatable bonds is 8. The summed E-state index contributed by atoms with van der Waals surface area (Å²) in [6.07, 6.45) is 2.34. The molecule has 0 bridgehead atoms. The maximum Gasteiger partial charge on any atom is 0.251 e. The topological polar surface area (TPSA) is 78.5 Å². The maximum absolute atomic E-state index is 12.6. The summed E-state index contributed by atoms with van der Waals surface area (Å²) in [5.41, 5.74) is 1.59. The van der Waals surface area contributed by atoms with Crippen molar-refractivity contribution in [1.82, 2.24) is 14.9 Å². The molecule has 2 N–H and O–H groups in total. The van der Waals surface area contributed by atoms with Gasteiger partial charge in [-0.3, -0.25) is 9.69 Å². The van der Waals surface area contributed by atoms with Crippen LogP contribution < -0.4 is 10.0 Å². The molecule has 0 spiro atoms. The largest absolute Gasteiger partial charge is 0.348 e. The normalized spacial score (nSPS) is 17.4. The number of hydrogen-bond donors (Lipinski definition) is 2. The molecule has 1 aliphatic rings. The summed E-state index contributed by atoms with van der Waals surface area (Å²) in [6.45, 7) is 6.19. The van der Waals surface area contributed by atoms with Gasteiger partial charge in [0.25, 0.3) is 5.91 Å². The molecule has 1 atom stereocenters. The number of nitrogens with one attached hydrogen (secondary N) is 2. The number of nitrogens with zero attached hydrogens (tertiary/aromatic N) is 1. The summed E-state index contributed by atoms with van der Waals surface area (Å²) >= 11 is 0. The first-order chi connectivity index (χ1) is 13.5. The van der Waals surface area contributed by atoms with E-state index in [9.17, 15) is 13.2 Å². The molecule has 0 saturated carbocycles. The van der Waals surface area contributed by atoms with Crippen molar-refractivity contribution in [3.05, 3.63) is 78.4 Å². The van der Waals surface area contributed by atoms with Gasteiger partial charge in [0, 0.05) is 37.8 Å². The number of hydrogen-bond acceptors (Lipinski definition) is 4. The second kappa shape index (κ2) is 9.14. The Morgan fingerprint density at radius 2 is 1.96 bits per heavy atom. The summed E-state index contributed by atoms with van der Waals surface area (Å²) in [7, 11) is -3.66. The molecule has 2 aromatic carbocycles. The molecule has 2 aromatic rings. The van der Waals surface area contributed by atoms with Gasteiger partial charge < -0.3 is 5.32 Å². The van der Waals surface area contributed by atoms with Crippen LogP contribution in [0.2, 0.25) is 0 Å². The molecule has 0 aliphatic carbocycles. The van der Waals surface area contributed by atoms with E-state index in [1.807, 2.05) is 18.2 Å². The molecule has 0 radical (unpaired) electrons.